The minimum Gasteiger partial charge on any atom is -0.365 e. The summed E-state index contributed by atoms with van der Waals surface area (Å²) in [7, 11) is 0. The van der Waals surface area contributed by atoms with Crippen molar-refractivity contribution >= 4 is 28.9 Å². The number of rotatable bonds is 8. The number of amides is 2. The third-order valence-electron chi connectivity index (χ3n) is 6.79. The molecule has 2 aliphatic heterocycles. The number of thiazole rings is 1. The number of hydrogen-bond donors (Lipinski definition) is 1. The Morgan fingerprint density at radius 2 is 2.03 bits per heavy atom. The van der Waals surface area contributed by atoms with E-state index < -0.39 is 36.2 Å². The number of Topliss-reactive ketones (excluding diaryl/α,β-unsaturated/α-hetero) is 1. The van der Waals surface area contributed by atoms with Gasteiger partial charge >= 0.3 is 0 Å². The number of hydrogen-bond acceptors (Lipinski definition) is 7. The quantitative estimate of drug-likeness (QED) is 0.473. The maximum Gasteiger partial charge on any atom is 0.251 e. The monoisotopic (exact) mass is 536 g/mol. The standard InChI is InChI=1S/C28H29FN4O4S/c1-16(2)10-21(28(36)33-13-20(29)26-25(33)23(34)14-37-26)32-27(35)19-7-5-18(6-8-19)22-15-38-24(31-22)11-17-4-3-9-30-12-17/h3-9,12,15-16,20-21,25-26H,10-11,13-14H2,1-2H3,(H,32,35)/t20-,21-,25+,26+/m0/s1. The van der Waals surface area contributed by atoms with Gasteiger partial charge in [0.15, 0.2) is 5.78 Å². The fraction of sp³-hybridized carbons (Fsp3) is 0.393. The first-order chi connectivity index (χ1) is 18.3. The van der Waals surface area contributed by atoms with E-state index in [4.69, 9.17) is 9.72 Å². The second kappa shape index (κ2) is 11.1. The molecule has 2 saturated heterocycles. The molecule has 2 aromatic heterocycles. The number of alkyl halides is 1. The van der Waals surface area contributed by atoms with E-state index in [0.29, 0.717) is 18.4 Å². The molecule has 4 atom stereocenters. The van der Waals surface area contributed by atoms with Gasteiger partial charge in [-0.2, -0.15) is 0 Å². The van der Waals surface area contributed by atoms with Crippen molar-refractivity contribution in [2.75, 3.05) is 13.2 Å². The summed E-state index contributed by atoms with van der Waals surface area (Å²) in [4.78, 5) is 48.8. The predicted molar refractivity (Wildman–Crippen MR) is 140 cm³/mol. The second-order valence-corrected chi connectivity index (χ2v) is 11.0. The Morgan fingerprint density at radius 3 is 2.74 bits per heavy atom. The summed E-state index contributed by atoms with van der Waals surface area (Å²) in [5.74, 6) is -1.08. The van der Waals surface area contributed by atoms with Crippen molar-refractivity contribution in [3.05, 3.63) is 70.3 Å². The second-order valence-electron chi connectivity index (χ2n) is 10.1. The molecule has 3 aromatic rings. The molecule has 0 radical (unpaired) electrons. The van der Waals surface area contributed by atoms with Crippen molar-refractivity contribution in [1.29, 1.82) is 0 Å². The summed E-state index contributed by atoms with van der Waals surface area (Å²) in [6, 6.07) is 9.14. The first kappa shape index (κ1) is 26.1. The summed E-state index contributed by atoms with van der Waals surface area (Å²) in [6.45, 7) is 3.46. The van der Waals surface area contributed by atoms with Gasteiger partial charge in [0.25, 0.3) is 5.91 Å². The van der Waals surface area contributed by atoms with Gasteiger partial charge in [-0.25, -0.2) is 9.37 Å². The van der Waals surface area contributed by atoms with E-state index in [0.717, 1.165) is 21.8 Å². The molecule has 1 aromatic carbocycles. The first-order valence-corrected chi connectivity index (χ1v) is 13.5. The number of benzene rings is 1. The van der Waals surface area contributed by atoms with Gasteiger partial charge in [0.1, 0.15) is 31.0 Å². The maximum absolute atomic E-state index is 14.4. The number of aromatic nitrogens is 2. The lowest BCUT2D eigenvalue weighted by Crippen LogP contribution is -2.52. The lowest BCUT2D eigenvalue weighted by Gasteiger charge is -2.28. The highest BCUT2D eigenvalue weighted by Gasteiger charge is 2.53. The van der Waals surface area contributed by atoms with Gasteiger partial charge in [-0.15, -0.1) is 11.3 Å². The van der Waals surface area contributed by atoms with Crippen LogP contribution >= 0.6 is 11.3 Å². The van der Waals surface area contributed by atoms with Gasteiger partial charge < -0.3 is 15.0 Å². The van der Waals surface area contributed by atoms with Gasteiger partial charge in [0.05, 0.1) is 17.2 Å². The van der Waals surface area contributed by atoms with Gasteiger partial charge in [-0.05, 0) is 36.1 Å². The zero-order valence-corrected chi connectivity index (χ0v) is 22.0. The number of ketones is 1. The Labute approximate surface area is 224 Å². The lowest BCUT2D eigenvalue weighted by atomic mass is 10.0. The van der Waals surface area contributed by atoms with E-state index in [1.165, 1.54) is 4.90 Å². The Kier molecular flexibility index (Phi) is 7.62. The van der Waals surface area contributed by atoms with Gasteiger partial charge in [-0.1, -0.05) is 32.0 Å². The predicted octanol–water partition coefficient (Wildman–Crippen LogP) is 3.46. The maximum atomic E-state index is 14.4. The number of likely N-dealkylation sites (tertiary alicyclic amines) is 1. The molecule has 4 heterocycles. The van der Waals surface area contributed by atoms with E-state index in [9.17, 15) is 18.8 Å². The molecular formula is C28H29FN4O4S. The van der Waals surface area contributed by atoms with E-state index in [1.807, 2.05) is 49.7 Å². The molecular weight excluding hydrogens is 507 g/mol. The summed E-state index contributed by atoms with van der Waals surface area (Å²) >= 11 is 1.57. The minimum atomic E-state index is -1.42. The average Bonchev–Trinajstić information content (AvgIpc) is 3.61. The van der Waals surface area contributed by atoms with Crippen molar-refractivity contribution < 1.29 is 23.5 Å². The van der Waals surface area contributed by atoms with E-state index in [1.54, 1.807) is 29.7 Å². The molecule has 1 N–H and O–H groups in total. The Balaban J connectivity index is 1.26. The number of carbonyl (C=O) groups excluding carboxylic acids is 3. The summed E-state index contributed by atoms with van der Waals surface area (Å²) in [5.41, 5.74) is 3.18. The number of ether oxygens (including phenoxy) is 1. The molecule has 2 fully saturated rings. The van der Waals surface area contributed by atoms with Crippen LogP contribution in [0.2, 0.25) is 0 Å². The van der Waals surface area contributed by atoms with Crippen LogP contribution in [0.1, 0.15) is 41.2 Å². The Bertz CT molecular complexity index is 1310. The third-order valence-corrected chi connectivity index (χ3v) is 7.64. The molecule has 0 aliphatic carbocycles. The Hall–Kier alpha value is -3.50. The summed E-state index contributed by atoms with van der Waals surface area (Å²) in [5, 5.41) is 5.77. The normalized spacial score (nSPS) is 21.5. The molecule has 2 amide bonds. The van der Waals surface area contributed by atoms with Crippen LogP contribution in [0.3, 0.4) is 0 Å². The molecule has 10 heteroatoms. The molecule has 8 nitrogen and oxygen atoms in total. The molecule has 198 valence electrons. The van der Waals surface area contributed by atoms with Gasteiger partial charge in [-0.3, -0.25) is 19.4 Å². The molecule has 0 unspecified atom stereocenters. The fourth-order valence-electron chi connectivity index (χ4n) is 4.95. The van der Waals surface area contributed by atoms with Crippen molar-refractivity contribution in [1.82, 2.24) is 20.2 Å². The van der Waals surface area contributed by atoms with E-state index in [-0.39, 0.29) is 24.9 Å². The fourth-order valence-corrected chi connectivity index (χ4v) is 5.79. The highest BCUT2D eigenvalue weighted by molar-refractivity contribution is 7.10. The van der Waals surface area contributed by atoms with Crippen LogP contribution in [0.15, 0.2) is 54.2 Å². The van der Waals surface area contributed by atoms with Gasteiger partial charge in [0.2, 0.25) is 5.91 Å². The zero-order valence-electron chi connectivity index (χ0n) is 21.2. The zero-order chi connectivity index (χ0) is 26.8. The van der Waals surface area contributed by atoms with Crippen LogP contribution in [0, 0.1) is 5.92 Å². The number of fused-ring (bicyclic) bond motifs is 1. The highest BCUT2D eigenvalue weighted by Crippen LogP contribution is 2.30. The topological polar surface area (TPSA) is 101 Å². The smallest absolute Gasteiger partial charge is 0.251 e. The Morgan fingerprint density at radius 1 is 1.24 bits per heavy atom. The van der Waals surface area contributed by atoms with E-state index >= 15 is 0 Å². The van der Waals surface area contributed by atoms with Crippen LogP contribution < -0.4 is 5.32 Å². The molecule has 0 saturated carbocycles. The number of nitrogens with zero attached hydrogens (tertiary/aromatic N) is 3. The van der Waals surface area contributed by atoms with Crippen molar-refractivity contribution in [2.45, 2.75) is 51.0 Å². The van der Waals surface area contributed by atoms with Gasteiger partial charge in [0, 0.05) is 35.3 Å². The molecule has 0 bridgehead atoms. The molecule has 2 aliphatic rings. The number of halogens is 1. The van der Waals surface area contributed by atoms with Crippen LogP contribution in [0.5, 0.6) is 0 Å². The first-order valence-electron chi connectivity index (χ1n) is 12.6. The van der Waals surface area contributed by atoms with Crippen LogP contribution in [-0.2, 0) is 20.7 Å². The molecule has 38 heavy (non-hydrogen) atoms. The number of pyridine rings is 1. The summed E-state index contributed by atoms with van der Waals surface area (Å²) < 4.78 is 19.7. The van der Waals surface area contributed by atoms with Crippen LogP contribution in [-0.4, -0.2) is 70.0 Å². The lowest BCUT2D eigenvalue weighted by molar-refractivity contribution is -0.138. The van der Waals surface area contributed by atoms with E-state index in [2.05, 4.69) is 10.3 Å². The largest absolute Gasteiger partial charge is 0.365 e. The van der Waals surface area contributed by atoms with Crippen molar-refractivity contribution in [3.63, 3.8) is 0 Å². The SMILES string of the molecule is CC(C)C[C@H](NC(=O)c1ccc(-c2csc(Cc3cccnc3)n2)cc1)C(=O)N1C[C@H](F)[C@H]2OCC(=O)[C@H]21. The average molecular weight is 537 g/mol. The molecule has 5 rings (SSSR count). The van der Waals surface area contributed by atoms with Crippen LogP contribution in [0.25, 0.3) is 11.3 Å². The number of nitrogens with one attached hydrogen (secondary N) is 1. The summed E-state index contributed by atoms with van der Waals surface area (Å²) in [6.07, 6.45) is 2.27. The van der Waals surface area contributed by atoms with Crippen molar-refractivity contribution in [2.24, 2.45) is 5.92 Å². The van der Waals surface area contributed by atoms with Crippen molar-refractivity contribution in [3.8, 4) is 11.3 Å². The number of carbonyl (C=O) groups is 3. The highest BCUT2D eigenvalue weighted by atomic mass is 32.1. The third kappa shape index (κ3) is 5.51. The minimum absolute atomic E-state index is 0.0901. The molecule has 0 spiro atoms. The van der Waals surface area contributed by atoms with Crippen LogP contribution in [0.4, 0.5) is 4.39 Å².